The van der Waals surface area contributed by atoms with Gasteiger partial charge in [-0.1, -0.05) is 23.2 Å². The first-order chi connectivity index (χ1) is 12.5. The number of amides is 1. The number of nitriles is 1. The van der Waals surface area contributed by atoms with Crippen molar-refractivity contribution in [1.82, 2.24) is 15.8 Å². The standard InChI is InChI=1S/C17H16Cl2N4O2S/c1-11-10-26-17(22-11)12(8-20)9-21-23-16(24)3-2-6-25-15-5-4-13(18)7-14(15)19/h4-5,7,9-10,21H,2-3,6H2,1H3,(H,23,24)/b12-9+. The molecule has 6 nitrogen and oxygen atoms in total. The minimum absolute atomic E-state index is 0.223. The normalized spacial score (nSPS) is 10.9. The Balaban J connectivity index is 1.70. The quantitative estimate of drug-likeness (QED) is 0.388. The predicted octanol–water partition coefficient (Wildman–Crippen LogP) is 4.10. The number of rotatable bonds is 8. The fourth-order valence-electron chi connectivity index (χ4n) is 1.88. The number of carbonyl (C=O) groups is 1. The first kappa shape index (κ1) is 20.0. The molecule has 0 aliphatic carbocycles. The van der Waals surface area contributed by atoms with E-state index in [2.05, 4.69) is 15.8 Å². The molecule has 0 unspecified atom stereocenters. The third kappa shape index (κ3) is 6.23. The number of hydrogen-bond donors (Lipinski definition) is 2. The van der Waals surface area contributed by atoms with Gasteiger partial charge >= 0.3 is 0 Å². The molecule has 1 aromatic heterocycles. The monoisotopic (exact) mass is 410 g/mol. The largest absolute Gasteiger partial charge is 0.492 e. The Morgan fingerprint density at radius 2 is 2.27 bits per heavy atom. The zero-order chi connectivity index (χ0) is 18.9. The van der Waals surface area contributed by atoms with Gasteiger partial charge in [-0.2, -0.15) is 5.26 Å². The average molecular weight is 411 g/mol. The molecule has 1 heterocycles. The first-order valence-electron chi connectivity index (χ1n) is 7.64. The second-order valence-electron chi connectivity index (χ2n) is 5.18. The molecule has 1 amide bonds. The molecule has 0 atom stereocenters. The zero-order valence-corrected chi connectivity index (χ0v) is 16.2. The lowest BCUT2D eigenvalue weighted by Gasteiger charge is -2.08. The summed E-state index contributed by atoms with van der Waals surface area (Å²) in [6.45, 7) is 2.19. The van der Waals surface area contributed by atoms with Crippen molar-refractivity contribution in [2.75, 3.05) is 6.61 Å². The highest BCUT2D eigenvalue weighted by molar-refractivity contribution is 7.10. The lowest BCUT2D eigenvalue weighted by molar-refractivity contribution is -0.122. The minimum Gasteiger partial charge on any atom is -0.492 e. The molecular weight excluding hydrogens is 395 g/mol. The van der Waals surface area contributed by atoms with Gasteiger partial charge in [0, 0.05) is 28.7 Å². The maximum Gasteiger partial charge on any atom is 0.238 e. The van der Waals surface area contributed by atoms with E-state index in [1.807, 2.05) is 18.4 Å². The van der Waals surface area contributed by atoms with Crippen molar-refractivity contribution in [3.05, 3.63) is 50.5 Å². The lowest BCUT2D eigenvalue weighted by atomic mass is 10.3. The number of hydrazine groups is 1. The van der Waals surface area contributed by atoms with E-state index in [1.54, 1.807) is 18.2 Å². The Bertz CT molecular complexity index is 846. The van der Waals surface area contributed by atoms with Crippen LogP contribution >= 0.6 is 34.5 Å². The summed E-state index contributed by atoms with van der Waals surface area (Å²) in [5, 5.41) is 12.5. The molecule has 0 saturated carbocycles. The van der Waals surface area contributed by atoms with Crippen LogP contribution < -0.4 is 15.6 Å². The number of thiazole rings is 1. The van der Waals surface area contributed by atoms with E-state index in [0.29, 0.717) is 39.4 Å². The van der Waals surface area contributed by atoms with Crippen LogP contribution in [0.15, 0.2) is 29.8 Å². The number of allylic oxidation sites excluding steroid dienone is 1. The topological polar surface area (TPSA) is 87.0 Å². The summed E-state index contributed by atoms with van der Waals surface area (Å²) in [6, 6.07) is 7.00. The van der Waals surface area contributed by atoms with Crippen LogP contribution in [-0.4, -0.2) is 17.5 Å². The van der Waals surface area contributed by atoms with Gasteiger partial charge in [0.05, 0.1) is 11.6 Å². The van der Waals surface area contributed by atoms with Crippen LogP contribution in [0, 0.1) is 18.3 Å². The van der Waals surface area contributed by atoms with Crippen molar-refractivity contribution in [2.24, 2.45) is 0 Å². The van der Waals surface area contributed by atoms with Gasteiger partial charge in [-0.3, -0.25) is 10.2 Å². The van der Waals surface area contributed by atoms with Crippen LogP contribution in [0.3, 0.4) is 0 Å². The maximum absolute atomic E-state index is 11.8. The number of aryl methyl sites for hydroxylation is 1. The molecule has 0 aliphatic heterocycles. The molecule has 0 bridgehead atoms. The Kier molecular flexibility index (Phi) is 7.73. The summed E-state index contributed by atoms with van der Waals surface area (Å²) in [5.41, 5.74) is 6.32. The van der Waals surface area contributed by atoms with Crippen LogP contribution in [0.1, 0.15) is 23.5 Å². The van der Waals surface area contributed by atoms with Crippen molar-refractivity contribution >= 4 is 46.0 Å². The van der Waals surface area contributed by atoms with Crippen molar-refractivity contribution in [3.8, 4) is 11.8 Å². The fourth-order valence-corrected chi connectivity index (χ4v) is 3.10. The molecule has 2 N–H and O–H groups in total. The lowest BCUT2D eigenvalue weighted by Crippen LogP contribution is -2.33. The van der Waals surface area contributed by atoms with E-state index in [0.717, 1.165) is 5.69 Å². The van der Waals surface area contributed by atoms with Crippen molar-refractivity contribution < 1.29 is 9.53 Å². The van der Waals surface area contributed by atoms with Crippen LogP contribution in [0.4, 0.5) is 0 Å². The van der Waals surface area contributed by atoms with E-state index in [1.165, 1.54) is 17.5 Å². The molecule has 2 rings (SSSR count). The highest BCUT2D eigenvalue weighted by atomic mass is 35.5. The van der Waals surface area contributed by atoms with Gasteiger partial charge in [0.1, 0.15) is 22.4 Å². The van der Waals surface area contributed by atoms with Crippen LogP contribution in [-0.2, 0) is 4.79 Å². The number of carbonyl (C=O) groups excluding carboxylic acids is 1. The number of halogens is 2. The maximum atomic E-state index is 11.8. The van der Waals surface area contributed by atoms with Gasteiger partial charge in [0.2, 0.25) is 5.91 Å². The molecule has 0 saturated heterocycles. The molecule has 136 valence electrons. The summed E-state index contributed by atoms with van der Waals surface area (Å²) in [6.07, 6.45) is 2.18. The number of ether oxygens (including phenoxy) is 1. The molecular formula is C17H16Cl2N4O2S. The summed E-state index contributed by atoms with van der Waals surface area (Å²) >= 11 is 13.2. The molecule has 0 fully saturated rings. The SMILES string of the molecule is Cc1csc(/C(C#N)=C/NNC(=O)CCCOc2ccc(Cl)cc2Cl)n1. The van der Waals surface area contributed by atoms with Crippen molar-refractivity contribution in [1.29, 1.82) is 5.26 Å². The van der Waals surface area contributed by atoms with Gasteiger partial charge in [-0.15, -0.1) is 11.3 Å². The Morgan fingerprint density at radius 1 is 1.46 bits per heavy atom. The molecule has 0 spiro atoms. The minimum atomic E-state index is -0.223. The first-order valence-corrected chi connectivity index (χ1v) is 9.28. The molecule has 0 aliphatic rings. The summed E-state index contributed by atoms with van der Waals surface area (Å²) in [4.78, 5) is 16.0. The second-order valence-corrected chi connectivity index (χ2v) is 6.88. The molecule has 1 aromatic carbocycles. The Labute approximate surface area is 165 Å². The third-order valence-electron chi connectivity index (χ3n) is 3.10. The number of benzene rings is 1. The average Bonchev–Trinajstić information content (AvgIpc) is 3.03. The van der Waals surface area contributed by atoms with E-state index in [9.17, 15) is 4.79 Å². The molecule has 26 heavy (non-hydrogen) atoms. The number of aromatic nitrogens is 1. The van der Waals surface area contributed by atoms with Crippen molar-refractivity contribution in [3.63, 3.8) is 0 Å². The van der Waals surface area contributed by atoms with Gasteiger partial charge in [0.25, 0.3) is 0 Å². The fraction of sp³-hybridized carbons (Fsp3) is 0.235. The third-order valence-corrected chi connectivity index (χ3v) is 4.62. The number of hydrogen-bond acceptors (Lipinski definition) is 6. The Hall–Kier alpha value is -2.27. The summed E-state index contributed by atoms with van der Waals surface area (Å²) in [5.74, 6) is 0.301. The second kappa shape index (κ2) is 10.0. The highest BCUT2D eigenvalue weighted by Gasteiger charge is 2.06. The van der Waals surface area contributed by atoms with Crippen LogP contribution in [0.5, 0.6) is 5.75 Å². The smallest absolute Gasteiger partial charge is 0.238 e. The van der Waals surface area contributed by atoms with Gasteiger partial charge in [0.15, 0.2) is 0 Å². The number of nitrogens with one attached hydrogen (secondary N) is 2. The van der Waals surface area contributed by atoms with Gasteiger partial charge in [-0.05, 0) is 31.5 Å². The van der Waals surface area contributed by atoms with Crippen molar-refractivity contribution in [2.45, 2.75) is 19.8 Å². The van der Waals surface area contributed by atoms with Gasteiger partial charge in [-0.25, -0.2) is 4.98 Å². The molecule has 9 heteroatoms. The highest BCUT2D eigenvalue weighted by Crippen LogP contribution is 2.27. The van der Waals surface area contributed by atoms with Gasteiger partial charge < -0.3 is 10.2 Å². The zero-order valence-electron chi connectivity index (χ0n) is 13.9. The Morgan fingerprint density at radius 3 is 2.92 bits per heavy atom. The summed E-state index contributed by atoms with van der Waals surface area (Å²) in [7, 11) is 0. The van der Waals surface area contributed by atoms with E-state index < -0.39 is 0 Å². The van der Waals surface area contributed by atoms with Crippen LogP contribution in [0.2, 0.25) is 10.0 Å². The summed E-state index contributed by atoms with van der Waals surface area (Å²) < 4.78 is 5.51. The number of nitrogens with zero attached hydrogens (tertiary/aromatic N) is 2. The van der Waals surface area contributed by atoms with E-state index >= 15 is 0 Å². The van der Waals surface area contributed by atoms with E-state index in [4.69, 9.17) is 33.2 Å². The predicted molar refractivity (Wildman–Crippen MR) is 103 cm³/mol. The van der Waals surface area contributed by atoms with E-state index in [-0.39, 0.29) is 12.3 Å². The molecule has 0 radical (unpaired) electrons. The molecule has 2 aromatic rings. The van der Waals surface area contributed by atoms with Crippen LogP contribution in [0.25, 0.3) is 5.57 Å².